The Labute approximate surface area is 149 Å². The molecule has 0 fully saturated rings. The number of carbonyl (C=O) groups is 1. The molecule has 0 spiro atoms. The maximum absolute atomic E-state index is 13.8. The van der Waals surface area contributed by atoms with Crippen molar-refractivity contribution in [1.82, 2.24) is 0 Å². The Hall–Kier alpha value is -2.14. The molecular formula is C15H10F5NO3S2. The number of anilines is 1. The van der Waals surface area contributed by atoms with Crippen molar-refractivity contribution in [3.05, 3.63) is 53.6 Å². The quantitative estimate of drug-likeness (QED) is 0.578. The first-order valence-electron chi connectivity index (χ1n) is 6.77. The van der Waals surface area contributed by atoms with Crippen LogP contribution in [0, 0.1) is 11.6 Å². The number of rotatable bonds is 5. The summed E-state index contributed by atoms with van der Waals surface area (Å²) < 4.78 is 88.5. The molecule has 0 amide bonds. The minimum Gasteiger partial charge on any atom is -0.295 e. The van der Waals surface area contributed by atoms with Gasteiger partial charge >= 0.3 is 15.5 Å². The molecule has 140 valence electrons. The van der Waals surface area contributed by atoms with Crippen LogP contribution in [-0.2, 0) is 10.0 Å². The summed E-state index contributed by atoms with van der Waals surface area (Å²) in [7, 11) is -5.72. The van der Waals surface area contributed by atoms with Crippen LogP contribution in [0.1, 0.15) is 17.3 Å². The number of hydrogen-bond acceptors (Lipinski definition) is 4. The lowest BCUT2D eigenvalue weighted by Crippen LogP contribution is -2.30. The lowest BCUT2D eigenvalue weighted by atomic mass is 10.1. The Bertz CT molecular complexity index is 958. The molecule has 26 heavy (non-hydrogen) atoms. The van der Waals surface area contributed by atoms with Crippen molar-refractivity contribution in [2.24, 2.45) is 0 Å². The molecule has 0 bridgehead atoms. The monoisotopic (exact) mass is 411 g/mol. The molecule has 0 aromatic heterocycles. The summed E-state index contributed by atoms with van der Waals surface area (Å²) in [6.45, 7) is 1.20. The van der Waals surface area contributed by atoms with E-state index in [1.54, 1.807) is 0 Å². The van der Waals surface area contributed by atoms with Crippen LogP contribution in [0.15, 0.2) is 46.2 Å². The molecule has 0 aliphatic heterocycles. The van der Waals surface area contributed by atoms with Gasteiger partial charge in [-0.25, -0.2) is 8.78 Å². The Kier molecular flexibility index (Phi) is 5.61. The fourth-order valence-electron chi connectivity index (χ4n) is 1.79. The molecule has 0 unspecified atom stereocenters. The van der Waals surface area contributed by atoms with Gasteiger partial charge in [0.15, 0.2) is 5.78 Å². The third kappa shape index (κ3) is 4.52. The van der Waals surface area contributed by atoms with Gasteiger partial charge in [0.2, 0.25) is 0 Å². The third-order valence-electron chi connectivity index (χ3n) is 3.05. The molecule has 2 rings (SSSR count). The number of carbonyl (C=O) groups excluding carboxylic acids is 1. The average Bonchev–Trinajstić information content (AvgIpc) is 2.50. The summed E-state index contributed by atoms with van der Waals surface area (Å²) >= 11 is 0.544. The molecule has 2 aromatic rings. The number of Topliss-reactive ketones (excluding diaryl/α,β-unsaturated/α-hetero) is 1. The Morgan fingerprint density at radius 2 is 1.69 bits per heavy atom. The van der Waals surface area contributed by atoms with Gasteiger partial charge in [-0.2, -0.15) is 21.6 Å². The minimum absolute atomic E-state index is 0.0741. The van der Waals surface area contributed by atoms with Gasteiger partial charge < -0.3 is 0 Å². The lowest BCUT2D eigenvalue weighted by Gasteiger charge is -2.15. The molecule has 0 heterocycles. The van der Waals surface area contributed by atoms with E-state index in [1.807, 2.05) is 0 Å². The standard InChI is InChI=1S/C15H10F5NO3S2/c1-8(22)9-2-4-12(21-26(23,24)15(18,19)20)14(6-9)25-13-5-3-10(16)7-11(13)17/h2-7,21H,1H3. The second kappa shape index (κ2) is 7.23. The van der Waals surface area contributed by atoms with E-state index in [2.05, 4.69) is 0 Å². The van der Waals surface area contributed by atoms with Crippen LogP contribution in [0.2, 0.25) is 0 Å². The largest absolute Gasteiger partial charge is 0.516 e. The van der Waals surface area contributed by atoms with Gasteiger partial charge in [-0.1, -0.05) is 11.8 Å². The van der Waals surface area contributed by atoms with Crippen LogP contribution in [0.4, 0.5) is 27.6 Å². The van der Waals surface area contributed by atoms with E-state index in [-0.39, 0.29) is 15.4 Å². The van der Waals surface area contributed by atoms with Crippen LogP contribution in [0.5, 0.6) is 0 Å². The fraction of sp³-hybridized carbons (Fsp3) is 0.133. The van der Waals surface area contributed by atoms with Gasteiger partial charge in [0.25, 0.3) is 0 Å². The van der Waals surface area contributed by atoms with Gasteiger partial charge in [0, 0.05) is 21.4 Å². The van der Waals surface area contributed by atoms with Crippen LogP contribution >= 0.6 is 11.8 Å². The average molecular weight is 411 g/mol. The Balaban J connectivity index is 2.51. The first kappa shape index (κ1) is 20.2. The third-order valence-corrected chi connectivity index (χ3v) is 5.26. The zero-order valence-electron chi connectivity index (χ0n) is 12.9. The van der Waals surface area contributed by atoms with E-state index in [1.165, 1.54) is 11.6 Å². The van der Waals surface area contributed by atoms with Gasteiger partial charge in [-0.05, 0) is 37.3 Å². The number of benzene rings is 2. The van der Waals surface area contributed by atoms with E-state index in [4.69, 9.17) is 0 Å². The zero-order chi connectivity index (χ0) is 19.7. The second-order valence-corrected chi connectivity index (χ2v) is 7.75. The first-order chi connectivity index (χ1) is 11.9. The zero-order valence-corrected chi connectivity index (χ0v) is 14.5. The van der Waals surface area contributed by atoms with Crippen molar-refractivity contribution in [2.45, 2.75) is 22.2 Å². The summed E-state index contributed by atoms with van der Waals surface area (Å²) in [5, 5.41) is 0. The van der Waals surface area contributed by atoms with Crippen molar-refractivity contribution in [2.75, 3.05) is 4.72 Å². The smallest absolute Gasteiger partial charge is 0.295 e. The number of sulfonamides is 1. The molecule has 0 aliphatic carbocycles. The van der Waals surface area contributed by atoms with Crippen LogP contribution < -0.4 is 4.72 Å². The molecule has 0 saturated heterocycles. The summed E-state index contributed by atoms with van der Waals surface area (Å²) in [5.41, 5.74) is -5.99. The number of nitrogens with one attached hydrogen (secondary N) is 1. The van der Waals surface area contributed by atoms with Gasteiger partial charge in [0.1, 0.15) is 11.6 Å². The van der Waals surface area contributed by atoms with Crippen LogP contribution in [0.25, 0.3) is 0 Å². The van der Waals surface area contributed by atoms with E-state index in [0.29, 0.717) is 17.8 Å². The van der Waals surface area contributed by atoms with Crippen molar-refractivity contribution in [3.63, 3.8) is 0 Å². The van der Waals surface area contributed by atoms with E-state index in [9.17, 15) is 35.2 Å². The highest BCUT2D eigenvalue weighted by molar-refractivity contribution is 7.99. The molecule has 1 N–H and O–H groups in total. The van der Waals surface area contributed by atoms with Crippen molar-refractivity contribution in [1.29, 1.82) is 0 Å². The first-order valence-corrected chi connectivity index (χ1v) is 9.07. The molecule has 0 radical (unpaired) electrons. The minimum atomic E-state index is -5.72. The Morgan fingerprint density at radius 1 is 1.04 bits per heavy atom. The van der Waals surface area contributed by atoms with E-state index >= 15 is 0 Å². The molecule has 0 atom stereocenters. The molecule has 0 aliphatic rings. The second-order valence-electron chi connectivity index (χ2n) is 5.00. The SMILES string of the molecule is CC(=O)c1ccc(NS(=O)(=O)C(F)(F)F)c(Sc2ccc(F)cc2F)c1. The maximum atomic E-state index is 13.8. The summed E-state index contributed by atoms with van der Waals surface area (Å²) in [6.07, 6.45) is 0. The predicted molar refractivity (Wildman–Crippen MR) is 85.5 cm³/mol. The highest BCUT2D eigenvalue weighted by Gasteiger charge is 2.46. The molecule has 2 aromatic carbocycles. The number of ketones is 1. The predicted octanol–water partition coefficient (Wildman–Crippen LogP) is 4.58. The van der Waals surface area contributed by atoms with Gasteiger partial charge in [-0.3, -0.25) is 9.52 Å². The highest BCUT2D eigenvalue weighted by Crippen LogP contribution is 2.37. The van der Waals surface area contributed by atoms with E-state index in [0.717, 1.165) is 30.3 Å². The Morgan fingerprint density at radius 3 is 2.23 bits per heavy atom. The van der Waals surface area contributed by atoms with Crippen molar-refractivity contribution < 1.29 is 35.2 Å². The number of halogens is 5. The van der Waals surface area contributed by atoms with Crippen LogP contribution in [0.3, 0.4) is 0 Å². The van der Waals surface area contributed by atoms with E-state index < -0.39 is 38.6 Å². The summed E-state index contributed by atoms with van der Waals surface area (Å²) in [4.78, 5) is 11.1. The molecule has 11 heteroatoms. The van der Waals surface area contributed by atoms with Crippen molar-refractivity contribution in [3.8, 4) is 0 Å². The lowest BCUT2D eigenvalue weighted by molar-refractivity contribution is -0.0429. The highest BCUT2D eigenvalue weighted by atomic mass is 32.2. The normalized spacial score (nSPS) is 12.1. The summed E-state index contributed by atoms with van der Waals surface area (Å²) in [5.74, 6) is -2.29. The maximum Gasteiger partial charge on any atom is 0.516 e. The van der Waals surface area contributed by atoms with Crippen molar-refractivity contribution >= 4 is 33.3 Å². The number of alkyl halides is 3. The topological polar surface area (TPSA) is 63.2 Å². The van der Waals surface area contributed by atoms with Gasteiger partial charge in [0.05, 0.1) is 5.69 Å². The fourth-order valence-corrected chi connectivity index (χ4v) is 3.38. The summed E-state index contributed by atoms with van der Waals surface area (Å²) in [6, 6.07) is 5.74. The number of hydrogen-bond donors (Lipinski definition) is 1. The van der Waals surface area contributed by atoms with Crippen LogP contribution in [-0.4, -0.2) is 19.7 Å². The molecule has 0 saturated carbocycles. The van der Waals surface area contributed by atoms with Gasteiger partial charge in [-0.15, -0.1) is 0 Å². The molecular weight excluding hydrogens is 401 g/mol. The molecule has 4 nitrogen and oxygen atoms in total.